The summed E-state index contributed by atoms with van der Waals surface area (Å²) in [7, 11) is -4.68. The highest BCUT2D eigenvalue weighted by molar-refractivity contribution is 7.86. The lowest BCUT2D eigenvalue weighted by Crippen LogP contribution is -2.01. The van der Waals surface area contributed by atoms with Crippen LogP contribution in [-0.4, -0.2) is 21.6 Å². The van der Waals surface area contributed by atoms with E-state index in [4.69, 9.17) is 9.47 Å². The normalized spacial score (nSPS) is 18.9. The summed E-state index contributed by atoms with van der Waals surface area (Å²) in [5.41, 5.74) is 0. The summed E-state index contributed by atoms with van der Waals surface area (Å²) in [6, 6.07) is 1.21. The molecule has 0 aliphatic carbocycles. The quantitative estimate of drug-likeness (QED) is 0.732. The summed E-state index contributed by atoms with van der Waals surface area (Å²) in [6.07, 6.45) is -0.740. The van der Waals surface area contributed by atoms with Crippen molar-refractivity contribution in [1.29, 1.82) is 0 Å². The summed E-state index contributed by atoms with van der Waals surface area (Å²) in [5, 5.41) is 1.49. The van der Waals surface area contributed by atoms with E-state index in [0.29, 0.717) is 13.2 Å². The second-order valence-electron chi connectivity index (χ2n) is 2.66. The van der Waals surface area contributed by atoms with Crippen LogP contribution in [0.3, 0.4) is 0 Å². The Bertz CT molecular complexity index is 419. The van der Waals surface area contributed by atoms with Gasteiger partial charge in [-0.25, -0.2) is 0 Å². The largest absolute Gasteiger partial charge is 0.345 e. The van der Waals surface area contributed by atoms with Gasteiger partial charge in [0.1, 0.15) is 4.90 Å². The number of hydrogen-bond donors (Lipinski definition) is 0. The third kappa shape index (κ3) is 1.81. The lowest BCUT2D eigenvalue weighted by Gasteiger charge is -2.07. The lowest BCUT2D eigenvalue weighted by atomic mass is 10.4. The molecule has 0 N–H and O–H groups in total. The highest BCUT2D eigenvalue weighted by Crippen LogP contribution is 2.34. The first-order valence-corrected chi connectivity index (χ1v) is 6.10. The van der Waals surface area contributed by atoms with E-state index < -0.39 is 16.5 Å². The molecule has 0 atom stereocenters. The highest BCUT2D eigenvalue weighted by atomic mass is 32.3. The molecule has 1 aromatic heterocycles. The van der Waals surface area contributed by atoms with Crippen molar-refractivity contribution in [2.75, 3.05) is 13.2 Å². The average molecular weight is 238 g/mol. The van der Waals surface area contributed by atoms with Crippen LogP contribution in [0.15, 0.2) is 16.3 Å². The maximum Gasteiger partial charge on any atom is 0.333 e. The fourth-order valence-electron chi connectivity index (χ4n) is 1.19. The molecule has 2 rings (SSSR count). The Labute approximate surface area is 84.5 Å². The molecule has 1 aromatic rings. The van der Waals surface area contributed by atoms with Gasteiger partial charge in [0.2, 0.25) is 0 Å². The molecule has 0 spiro atoms. The van der Waals surface area contributed by atoms with E-state index in [0.717, 1.165) is 11.3 Å². The SMILES string of the molecule is O=S(=O)(F)c1ccsc1C1OCCO1. The molecule has 0 unspecified atom stereocenters. The highest BCUT2D eigenvalue weighted by Gasteiger charge is 2.28. The number of hydrogen-bond acceptors (Lipinski definition) is 5. The minimum atomic E-state index is -4.68. The van der Waals surface area contributed by atoms with Crippen LogP contribution >= 0.6 is 11.3 Å². The Kier molecular flexibility index (Phi) is 2.56. The lowest BCUT2D eigenvalue weighted by molar-refractivity contribution is -0.0432. The number of halogens is 1. The molecule has 0 aromatic carbocycles. The van der Waals surface area contributed by atoms with E-state index in [9.17, 15) is 12.3 Å². The van der Waals surface area contributed by atoms with Crippen molar-refractivity contribution in [1.82, 2.24) is 0 Å². The molecule has 1 aliphatic heterocycles. The summed E-state index contributed by atoms with van der Waals surface area (Å²) in [5.74, 6) is 0. The van der Waals surface area contributed by atoms with Gasteiger partial charge in [-0.15, -0.1) is 15.2 Å². The van der Waals surface area contributed by atoms with E-state index in [2.05, 4.69) is 0 Å². The molecule has 78 valence electrons. The van der Waals surface area contributed by atoms with Gasteiger partial charge in [-0.2, -0.15) is 8.42 Å². The van der Waals surface area contributed by atoms with Crippen LogP contribution in [0, 0.1) is 0 Å². The van der Waals surface area contributed by atoms with Gasteiger partial charge in [-0.05, 0) is 11.4 Å². The molecule has 0 amide bonds. The van der Waals surface area contributed by atoms with Crippen LogP contribution in [0.2, 0.25) is 0 Å². The molecule has 1 aliphatic rings. The fourth-order valence-corrected chi connectivity index (χ4v) is 3.07. The van der Waals surface area contributed by atoms with Gasteiger partial charge in [0.25, 0.3) is 0 Å². The zero-order chi connectivity index (χ0) is 10.2. The van der Waals surface area contributed by atoms with Gasteiger partial charge in [0.15, 0.2) is 6.29 Å². The predicted octanol–water partition coefficient (Wildman–Crippen LogP) is 1.45. The minimum absolute atomic E-state index is 0.269. The first-order chi connectivity index (χ1) is 6.59. The summed E-state index contributed by atoms with van der Waals surface area (Å²) >= 11 is 1.10. The summed E-state index contributed by atoms with van der Waals surface area (Å²) in [4.78, 5) is -0.0839. The van der Waals surface area contributed by atoms with Gasteiger partial charge in [-0.1, -0.05) is 0 Å². The van der Waals surface area contributed by atoms with Crippen molar-refractivity contribution in [3.05, 3.63) is 16.3 Å². The van der Waals surface area contributed by atoms with Crippen LogP contribution in [0.1, 0.15) is 11.2 Å². The van der Waals surface area contributed by atoms with Gasteiger partial charge >= 0.3 is 10.2 Å². The van der Waals surface area contributed by atoms with Crippen molar-refractivity contribution in [3.63, 3.8) is 0 Å². The average Bonchev–Trinajstić information content (AvgIpc) is 2.73. The van der Waals surface area contributed by atoms with Crippen LogP contribution < -0.4 is 0 Å². The molecule has 0 bridgehead atoms. The predicted molar refractivity (Wildman–Crippen MR) is 47.3 cm³/mol. The van der Waals surface area contributed by atoms with Crippen molar-refractivity contribution in [2.45, 2.75) is 11.2 Å². The standard InChI is InChI=1S/C7H7FO4S2/c8-14(9,10)5-1-4-13-6(5)7-11-2-3-12-7/h1,4,7H,2-3H2. The van der Waals surface area contributed by atoms with Crippen LogP contribution in [0.4, 0.5) is 3.89 Å². The fraction of sp³-hybridized carbons (Fsp3) is 0.429. The van der Waals surface area contributed by atoms with Crippen molar-refractivity contribution in [2.24, 2.45) is 0 Å². The number of thiophene rings is 1. The first kappa shape index (κ1) is 10.0. The molecule has 0 saturated carbocycles. The minimum Gasteiger partial charge on any atom is -0.345 e. The van der Waals surface area contributed by atoms with Crippen molar-refractivity contribution < 1.29 is 21.8 Å². The Morgan fingerprint density at radius 2 is 2.07 bits per heavy atom. The number of ether oxygens (including phenoxy) is 2. The second-order valence-corrected chi connectivity index (χ2v) is 4.92. The zero-order valence-electron chi connectivity index (χ0n) is 6.97. The maximum absolute atomic E-state index is 12.7. The van der Waals surface area contributed by atoms with Crippen molar-refractivity contribution in [3.8, 4) is 0 Å². The summed E-state index contributed by atoms with van der Waals surface area (Å²) < 4.78 is 44.3. The van der Waals surface area contributed by atoms with Crippen molar-refractivity contribution >= 4 is 21.6 Å². The van der Waals surface area contributed by atoms with Crippen LogP contribution in [-0.2, 0) is 19.7 Å². The molecular formula is C7H7FO4S2. The third-order valence-corrected chi connectivity index (χ3v) is 3.70. The molecule has 7 heteroatoms. The van der Waals surface area contributed by atoms with Gasteiger partial charge in [0.05, 0.1) is 18.1 Å². The molecule has 1 saturated heterocycles. The second kappa shape index (κ2) is 3.58. The maximum atomic E-state index is 12.7. The summed E-state index contributed by atoms with van der Waals surface area (Å²) in [6.45, 7) is 0.794. The van der Waals surface area contributed by atoms with Crippen LogP contribution in [0.5, 0.6) is 0 Å². The Morgan fingerprint density at radius 1 is 1.43 bits per heavy atom. The van der Waals surface area contributed by atoms with E-state index >= 15 is 0 Å². The molecule has 0 radical (unpaired) electrons. The Morgan fingerprint density at radius 3 is 2.64 bits per heavy atom. The topological polar surface area (TPSA) is 52.6 Å². The van der Waals surface area contributed by atoms with Gasteiger partial charge < -0.3 is 9.47 Å². The number of rotatable bonds is 2. The molecule has 1 fully saturated rings. The van der Waals surface area contributed by atoms with E-state index in [1.54, 1.807) is 0 Å². The van der Waals surface area contributed by atoms with E-state index in [1.807, 2.05) is 0 Å². The molecule has 4 nitrogen and oxygen atoms in total. The third-order valence-electron chi connectivity index (χ3n) is 1.76. The monoisotopic (exact) mass is 238 g/mol. The Hall–Kier alpha value is -0.500. The van der Waals surface area contributed by atoms with Crippen LogP contribution in [0.25, 0.3) is 0 Å². The Balaban J connectivity index is 2.39. The van der Waals surface area contributed by atoms with E-state index in [1.165, 1.54) is 11.4 Å². The van der Waals surface area contributed by atoms with E-state index in [-0.39, 0.29) is 9.77 Å². The molecule has 2 heterocycles. The zero-order valence-corrected chi connectivity index (χ0v) is 8.61. The van der Waals surface area contributed by atoms with Gasteiger partial charge in [0, 0.05) is 0 Å². The first-order valence-electron chi connectivity index (χ1n) is 3.84. The van der Waals surface area contributed by atoms with Gasteiger partial charge in [-0.3, -0.25) is 0 Å². The molecular weight excluding hydrogens is 231 g/mol. The smallest absolute Gasteiger partial charge is 0.333 e. The molecule has 14 heavy (non-hydrogen) atoms.